The second-order valence-corrected chi connectivity index (χ2v) is 6.58. The molecule has 2 heterocycles. The molecule has 0 aliphatic rings. The van der Waals surface area contributed by atoms with Gasteiger partial charge in [-0.15, -0.1) is 11.3 Å². The van der Waals surface area contributed by atoms with Gasteiger partial charge < -0.3 is 5.32 Å². The maximum atomic E-state index is 11.8. The largest absolute Gasteiger partial charge is 0.351 e. The zero-order valence-corrected chi connectivity index (χ0v) is 12.8. The molecule has 5 heteroatoms. The zero-order valence-electron chi connectivity index (χ0n) is 12.0. The molecule has 0 unspecified atom stereocenters. The summed E-state index contributed by atoms with van der Waals surface area (Å²) in [4.78, 5) is 20.6. The first-order valence-corrected chi connectivity index (χ1v) is 7.49. The van der Waals surface area contributed by atoms with E-state index in [2.05, 4.69) is 15.3 Å². The highest BCUT2D eigenvalue weighted by Gasteiger charge is 2.14. The van der Waals surface area contributed by atoms with Crippen LogP contribution in [-0.2, 0) is 11.2 Å². The number of nitrogens with zero attached hydrogens (tertiary/aromatic N) is 2. The Morgan fingerprint density at radius 2 is 2.10 bits per heavy atom. The van der Waals surface area contributed by atoms with E-state index in [9.17, 15) is 4.79 Å². The van der Waals surface area contributed by atoms with E-state index in [4.69, 9.17) is 0 Å². The van der Waals surface area contributed by atoms with E-state index in [1.165, 1.54) is 0 Å². The van der Waals surface area contributed by atoms with Crippen molar-refractivity contribution in [2.75, 3.05) is 0 Å². The molecule has 0 bridgehead atoms. The number of carbonyl (C=O) groups excluding carboxylic acids is 1. The standard InChI is InChI=1S/C15H19N3OS/c1-15(2,3)18-13(19)7-8-14-17-12(10-20-14)11-6-4-5-9-16-11/h4-6,9-10H,7-8H2,1-3H3,(H,18,19). The molecule has 1 amide bonds. The molecule has 0 fully saturated rings. The summed E-state index contributed by atoms with van der Waals surface area (Å²) in [7, 11) is 0. The number of pyridine rings is 1. The lowest BCUT2D eigenvalue weighted by molar-refractivity contribution is -0.122. The van der Waals surface area contributed by atoms with Crippen LogP contribution in [0.15, 0.2) is 29.8 Å². The molecule has 106 valence electrons. The van der Waals surface area contributed by atoms with Gasteiger partial charge in [0.05, 0.1) is 16.4 Å². The van der Waals surface area contributed by atoms with Crippen LogP contribution in [0.4, 0.5) is 0 Å². The Hall–Kier alpha value is -1.75. The lowest BCUT2D eigenvalue weighted by Crippen LogP contribution is -2.40. The number of nitrogens with one attached hydrogen (secondary N) is 1. The maximum absolute atomic E-state index is 11.8. The highest BCUT2D eigenvalue weighted by Crippen LogP contribution is 2.20. The Kier molecular flexibility index (Phi) is 4.49. The number of rotatable bonds is 4. The molecular weight excluding hydrogens is 270 g/mol. The Morgan fingerprint density at radius 3 is 2.75 bits per heavy atom. The van der Waals surface area contributed by atoms with E-state index in [0.29, 0.717) is 12.8 Å². The van der Waals surface area contributed by atoms with Crippen LogP contribution in [-0.4, -0.2) is 21.4 Å². The summed E-state index contributed by atoms with van der Waals surface area (Å²) in [6.07, 6.45) is 2.89. The highest BCUT2D eigenvalue weighted by molar-refractivity contribution is 7.09. The second kappa shape index (κ2) is 6.13. The molecule has 0 saturated heterocycles. The van der Waals surface area contributed by atoms with Crippen LogP contribution in [0.5, 0.6) is 0 Å². The monoisotopic (exact) mass is 289 g/mol. The number of aromatic nitrogens is 2. The summed E-state index contributed by atoms with van der Waals surface area (Å²) >= 11 is 1.57. The van der Waals surface area contributed by atoms with Crippen LogP contribution in [0.3, 0.4) is 0 Å². The van der Waals surface area contributed by atoms with Gasteiger partial charge in [0.1, 0.15) is 0 Å². The molecule has 2 rings (SSSR count). The summed E-state index contributed by atoms with van der Waals surface area (Å²) in [6, 6.07) is 5.76. The highest BCUT2D eigenvalue weighted by atomic mass is 32.1. The summed E-state index contributed by atoms with van der Waals surface area (Å²) in [6.45, 7) is 5.94. The second-order valence-electron chi connectivity index (χ2n) is 5.64. The van der Waals surface area contributed by atoms with E-state index in [1.54, 1.807) is 17.5 Å². The van der Waals surface area contributed by atoms with Crippen molar-refractivity contribution >= 4 is 17.2 Å². The molecule has 2 aromatic rings. The SMILES string of the molecule is CC(C)(C)NC(=O)CCc1nc(-c2ccccn2)cs1. The third-order valence-electron chi connectivity index (χ3n) is 2.56. The van der Waals surface area contributed by atoms with Crippen LogP contribution in [0.2, 0.25) is 0 Å². The fourth-order valence-corrected chi connectivity index (χ4v) is 2.55. The molecule has 0 aliphatic heterocycles. The van der Waals surface area contributed by atoms with Gasteiger partial charge >= 0.3 is 0 Å². The Morgan fingerprint density at radius 1 is 1.30 bits per heavy atom. The molecule has 1 N–H and O–H groups in total. The smallest absolute Gasteiger partial charge is 0.220 e. The normalized spacial score (nSPS) is 11.3. The van der Waals surface area contributed by atoms with Crippen molar-refractivity contribution in [3.63, 3.8) is 0 Å². The molecular formula is C15H19N3OS. The van der Waals surface area contributed by atoms with Gasteiger partial charge in [0, 0.05) is 30.0 Å². The summed E-state index contributed by atoms with van der Waals surface area (Å²) in [5.41, 5.74) is 1.56. The van der Waals surface area contributed by atoms with Crippen molar-refractivity contribution < 1.29 is 4.79 Å². The van der Waals surface area contributed by atoms with Crippen molar-refractivity contribution in [2.24, 2.45) is 0 Å². The predicted octanol–water partition coefficient (Wildman–Crippen LogP) is 3.05. The van der Waals surface area contributed by atoms with Gasteiger partial charge in [-0.2, -0.15) is 0 Å². The topological polar surface area (TPSA) is 54.9 Å². The first-order chi connectivity index (χ1) is 9.44. The minimum absolute atomic E-state index is 0.0621. The fraction of sp³-hybridized carbons (Fsp3) is 0.400. The van der Waals surface area contributed by atoms with Crippen LogP contribution in [0.25, 0.3) is 11.4 Å². The van der Waals surface area contributed by atoms with Crippen molar-refractivity contribution in [3.05, 3.63) is 34.8 Å². The van der Waals surface area contributed by atoms with E-state index in [-0.39, 0.29) is 11.4 Å². The van der Waals surface area contributed by atoms with Gasteiger partial charge in [-0.05, 0) is 32.9 Å². The van der Waals surface area contributed by atoms with Gasteiger partial charge in [-0.1, -0.05) is 6.07 Å². The van der Waals surface area contributed by atoms with Crippen LogP contribution in [0.1, 0.15) is 32.2 Å². The van der Waals surface area contributed by atoms with Gasteiger partial charge in [-0.25, -0.2) is 4.98 Å². The Bertz CT molecular complexity index is 572. The van der Waals surface area contributed by atoms with E-state index in [1.807, 2.05) is 44.4 Å². The number of amides is 1. The lowest BCUT2D eigenvalue weighted by atomic mass is 10.1. The summed E-state index contributed by atoms with van der Waals surface area (Å²) in [5, 5.41) is 5.91. The molecule has 0 aliphatic carbocycles. The molecule has 0 radical (unpaired) electrons. The minimum atomic E-state index is -0.181. The average molecular weight is 289 g/mol. The Balaban J connectivity index is 1.92. The van der Waals surface area contributed by atoms with Crippen molar-refractivity contribution in [1.29, 1.82) is 0 Å². The van der Waals surface area contributed by atoms with Crippen LogP contribution >= 0.6 is 11.3 Å². The quantitative estimate of drug-likeness (QED) is 0.941. The van der Waals surface area contributed by atoms with Crippen molar-refractivity contribution in [2.45, 2.75) is 39.2 Å². The third kappa shape index (κ3) is 4.42. The number of hydrogen-bond donors (Lipinski definition) is 1. The molecule has 0 saturated carbocycles. The van der Waals surface area contributed by atoms with Gasteiger partial charge in [0.25, 0.3) is 0 Å². The summed E-state index contributed by atoms with van der Waals surface area (Å²) in [5.74, 6) is 0.0621. The van der Waals surface area contributed by atoms with Gasteiger partial charge in [0.2, 0.25) is 5.91 Å². The van der Waals surface area contributed by atoms with Crippen LogP contribution in [0, 0.1) is 0 Å². The van der Waals surface area contributed by atoms with Gasteiger partial charge in [-0.3, -0.25) is 9.78 Å². The fourth-order valence-electron chi connectivity index (χ4n) is 1.76. The molecule has 2 aromatic heterocycles. The molecule has 20 heavy (non-hydrogen) atoms. The first kappa shape index (κ1) is 14.7. The lowest BCUT2D eigenvalue weighted by Gasteiger charge is -2.20. The number of aryl methyl sites for hydroxylation is 1. The predicted molar refractivity (Wildman–Crippen MR) is 81.6 cm³/mol. The number of carbonyl (C=O) groups is 1. The third-order valence-corrected chi connectivity index (χ3v) is 3.47. The first-order valence-electron chi connectivity index (χ1n) is 6.61. The molecule has 0 spiro atoms. The molecule has 0 atom stereocenters. The minimum Gasteiger partial charge on any atom is -0.351 e. The van der Waals surface area contributed by atoms with Crippen molar-refractivity contribution in [1.82, 2.24) is 15.3 Å². The van der Waals surface area contributed by atoms with Gasteiger partial charge in [0.15, 0.2) is 0 Å². The number of hydrogen-bond acceptors (Lipinski definition) is 4. The van der Waals surface area contributed by atoms with Crippen LogP contribution < -0.4 is 5.32 Å². The average Bonchev–Trinajstić information content (AvgIpc) is 2.84. The van der Waals surface area contributed by atoms with E-state index in [0.717, 1.165) is 16.4 Å². The maximum Gasteiger partial charge on any atom is 0.220 e. The molecule has 0 aromatic carbocycles. The Labute approximate surface area is 123 Å². The van der Waals surface area contributed by atoms with E-state index < -0.39 is 0 Å². The number of thiazole rings is 1. The summed E-state index contributed by atoms with van der Waals surface area (Å²) < 4.78 is 0. The zero-order chi connectivity index (χ0) is 14.6. The van der Waals surface area contributed by atoms with Crippen molar-refractivity contribution in [3.8, 4) is 11.4 Å². The molecule has 4 nitrogen and oxygen atoms in total. The van der Waals surface area contributed by atoms with E-state index >= 15 is 0 Å².